The van der Waals surface area contributed by atoms with E-state index in [4.69, 9.17) is 4.74 Å². The van der Waals surface area contributed by atoms with E-state index in [-0.39, 0.29) is 28.7 Å². The summed E-state index contributed by atoms with van der Waals surface area (Å²) in [6, 6.07) is 6.30. The fourth-order valence-corrected chi connectivity index (χ4v) is 5.12. The van der Waals surface area contributed by atoms with Gasteiger partial charge < -0.3 is 14.6 Å². The zero-order chi connectivity index (χ0) is 22.5. The summed E-state index contributed by atoms with van der Waals surface area (Å²) in [6.07, 6.45) is 2.74. The summed E-state index contributed by atoms with van der Waals surface area (Å²) in [5.41, 5.74) is -0.944. The molecule has 1 N–H and O–H groups in total. The number of pyridine rings is 1. The summed E-state index contributed by atoms with van der Waals surface area (Å²) < 4.78 is 31.7. The Bertz CT molecular complexity index is 1040. The molecule has 0 fully saturated rings. The van der Waals surface area contributed by atoms with Gasteiger partial charge in [-0.2, -0.15) is 0 Å². The van der Waals surface area contributed by atoms with Crippen molar-refractivity contribution in [3.05, 3.63) is 40.8 Å². The number of unbranched alkanes of at least 4 members (excludes halogenated alkanes) is 1. The van der Waals surface area contributed by atoms with Crippen LogP contribution in [-0.4, -0.2) is 48.8 Å². The Morgan fingerprint density at radius 1 is 1.20 bits per heavy atom. The number of carbonyl (C=O) groups is 1. The molecule has 166 valence electrons. The molecule has 0 saturated heterocycles. The molecule has 1 atom stereocenters. The monoisotopic (exact) mass is 436 g/mol. The number of aromatic nitrogens is 1. The topological polar surface area (TPSA) is 96.5 Å². The average Bonchev–Trinajstić information content (AvgIpc) is 2.63. The fraction of sp³-hybridized carbons (Fsp3) is 0.545. The highest BCUT2D eigenvalue weighted by Crippen LogP contribution is 2.23. The number of amides is 1. The average molecular weight is 437 g/mol. The zero-order valence-corrected chi connectivity index (χ0v) is 19.2. The molecule has 1 aromatic heterocycles. The van der Waals surface area contributed by atoms with Crippen LogP contribution in [0.5, 0.6) is 0 Å². The lowest BCUT2D eigenvalue weighted by molar-refractivity contribution is 0.0226. The molecule has 1 aromatic carbocycles. The first kappa shape index (κ1) is 23.9. The van der Waals surface area contributed by atoms with Crippen LogP contribution in [0, 0.1) is 5.92 Å². The van der Waals surface area contributed by atoms with E-state index >= 15 is 0 Å². The first-order valence-corrected chi connectivity index (χ1v) is 11.9. The Balaban J connectivity index is 2.22. The Labute approximate surface area is 178 Å². The van der Waals surface area contributed by atoms with E-state index in [0.29, 0.717) is 17.3 Å². The van der Waals surface area contributed by atoms with Crippen LogP contribution in [0.3, 0.4) is 0 Å². The third-order valence-corrected chi connectivity index (χ3v) is 6.61. The summed E-state index contributed by atoms with van der Waals surface area (Å²) in [5.74, 6) is -0.443. The van der Waals surface area contributed by atoms with Gasteiger partial charge in [0.2, 0.25) is 0 Å². The molecular formula is C22H32N2O5S. The molecule has 7 nitrogen and oxygen atoms in total. The second-order valence-corrected chi connectivity index (χ2v) is 10.7. The van der Waals surface area contributed by atoms with Crippen molar-refractivity contribution >= 4 is 26.7 Å². The normalized spacial score (nSPS) is 13.2. The third-order valence-electron chi connectivity index (χ3n) is 4.58. The predicted molar refractivity (Wildman–Crippen MR) is 119 cm³/mol. The zero-order valence-electron chi connectivity index (χ0n) is 18.4. The van der Waals surface area contributed by atoms with Crippen molar-refractivity contribution in [3.8, 4) is 0 Å². The first-order valence-electron chi connectivity index (χ1n) is 10.3. The Hall–Kier alpha value is -2.35. The minimum Gasteiger partial charge on any atom is -0.444 e. The van der Waals surface area contributed by atoms with E-state index in [1.807, 2.05) is 6.92 Å². The van der Waals surface area contributed by atoms with Crippen LogP contribution in [0.1, 0.15) is 47.5 Å². The summed E-state index contributed by atoms with van der Waals surface area (Å²) in [7, 11) is -3.66. The molecule has 0 saturated carbocycles. The third kappa shape index (κ3) is 6.32. The second kappa shape index (κ2) is 9.64. The van der Waals surface area contributed by atoms with Gasteiger partial charge in [0.15, 0.2) is 9.84 Å². The molecule has 1 heterocycles. The number of carbonyl (C=O) groups excluding carboxylic acids is 1. The van der Waals surface area contributed by atoms with Gasteiger partial charge in [0.25, 0.3) is 5.56 Å². The predicted octanol–water partition coefficient (Wildman–Crippen LogP) is 3.98. The highest BCUT2D eigenvalue weighted by Gasteiger charge is 2.26. The number of rotatable bonds is 8. The van der Waals surface area contributed by atoms with Gasteiger partial charge >= 0.3 is 6.09 Å². The number of H-pyrrole nitrogens is 1. The van der Waals surface area contributed by atoms with Crippen LogP contribution in [-0.2, 0) is 14.6 Å². The Morgan fingerprint density at radius 3 is 2.53 bits per heavy atom. The molecule has 30 heavy (non-hydrogen) atoms. The van der Waals surface area contributed by atoms with Crippen molar-refractivity contribution in [2.45, 2.75) is 58.0 Å². The lowest BCUT2D eigenvalue weighted by Crippen LogP contribution is -2.40. The quantitative estimate of drug-likeness (QED) is 0.675. The van der Waals surface area contributed by atoms with E-state index in [9.17, 15) is 18.0 Å². The summed E-state index contributed by atoms with van der Waals surface area (Å²) >= 11 is 0. The number of nitrogens with one attached hydrogen (secondary N) is 1. The van der Waals surface area contributed by atoms with E-state index < -0.39 is 21.5 Å². The van der Waals surface area contributed by atoms with Crippen molar-refractivity contribution in [2.24, 2.45) is 5.92 Å². The van der Waals surface area contributed by atoms with Gasteiger partial charge in [-0.1, -0.05) is 26.3 Å². The summed E-state index contributed by atoms with van der Waals surface area (Å²) in [4.78, 5) is 28.9. The Kier molecular flexibility index (Phi) is 7.69. The standard InChI is InChI=1S/C22H32N2O5S/c1-6-7-13-24(21(26)29-22(3,4)5)14-16(2)15-30(27,28)19-10-8-9-18-17(19)11-12-23-20(18)25/h8-12,16H,6-7,13-15H2,1-5H3,(H,23,25). The number of ether oxygens (including phenoxy) is 1. The smallest absolute Gasteiger partial charge is 0.410 e. The summed E-state index contributed by atoms with van der Waals surface area (Å²) in [6.45, 7) is 10.0. The SMILES string of the molecule is CCCCN(CC(C)CS(=O)(=O)c1cccc2c(=O)[nH]ccc12)C(=O)OC(C)(C)C. The van der Waals surface area contributed by atoms with Gasteiger partial charge in [-0.25, -0.2) is 13.2 Å². The van der Waals surface area contributed by atoms with Crippen molar-refractivity contribution in [3.63, 3.8) is 0 Å². The minimum absolute atomic E-state index is 0.135. The lowest BCUT2D eigenvalue weighted by Gasteiger charge is -2.29. The van der Waals surface area contributed by atoms with Crippen molar-refractivity contribution in [1.29, 1.82) is 0 Å². The van der Waals surface area contributed by atoms with Gasteiger partial charge in [-0.3, -0.25) is 4.79 Å². The van der Waals surface area contributed by atoms with Crippen molar-refractivity contribution in [1.82, 2.24) is 9.88 Å². The number of nitrogens with zero attached hydrogens (tertiary/aromatic N) is 1. The van der Waals surface area contributed by atoms with E-state index in [0.717, 1.165) is 12.8 Å². The molecule has 1 unspecified atom stereocenters. The van der Waals surface area contributed by atoms with E-state index in [1.54, 1.807) is 50.8 Å². The maximum absolute atomic E-state index is 13.1. The van der Waals surface area contributed by atoms with Crippen LogP contribution in [0.15, 0.2) is 40.2 Å². The van der Waals surface area contributed by atoms with Gasteiger partial charge in [-0.05, 0) is 51.3 Å². The molecule has 2 rings (SSSR count). The van der Waals surface area contributed by atoms with Gasteiger partial charge in [-0.15, -0.1) is 0 Å². The van der Waals surface area contributed by atoms with Crippen LogP contribution >= 0.6 is 0 Å². The van der Waals surface area contributed by atoms with Gasteiger partial charge in [0, 0.05) is 30.1 Å². The van der Waals surface area contributed by atoms with Crippen LogP contribution in [0.4, 0.5) is 4.79 Å². The van der Waals surface area contributed by atoms with Crippen LogP contribution < -0.4 is 5.56 Å². The molecule has 8 heteroatoms. The van der Waals surface area contributed by atoms with E-state index in [2.05, 4.69) is 4.98 Å². The molecule has 2 aromatic rings. The van der Waals surface area contributed by atoms with Crippen LogP contribution in [0.25, 0.3) is 10.8 Å². The molecule has 0 spiro atoms. The highest BCUT2D eigenvalue weighted by molar-refractivity contribution is 7.91. The molecule has 0 aliphatic carbocycles. The number of hydrogen-bond donors (Lipinski definition) is 1. The number of sulfone groups is 1. The van der Waals surface area contributed by atoms with Crippen molar-refractivity contribution < 1.29 is 17.9 Å². The molecule has 0 radical (unpaired) electrons. The number of aromatic amines is 1. The molecular weight excluding hydrogens is 404 g/mol. The number of fused-ring (bicyclic) bond motifs is 1. The van der Waals surface area contributed by atoms with Gasteiger partial charge in [0.1, 0.15) is 5.60 Å². The largest absolute Gasteiger partial charge is 0.444 e. The number of benzene rings is 1. The van der Waals surface area contributed by atoms with Crippen LogP contribution in [0.2, 0.25) is 0 Å². The maximum atomic E-state index is 13.1. The number of hydrogen-bond acceptors (Lipinski definition) is 5. The molecule has 1 amide bonds. The molecule has 0 bridgehead atoms. The van der Waals surface area contributed by atoms with Crippen molar-refractivity contribution in [2.75, 3.05) is 18.8 Å². The Morgan fingerprint density at radius 2 is 1.90 bits per heavy atom. The fourth-order valence-electron chi connectivity index (χ4n) is 3.29. The molecule has 0 aliphatic heterocycles. The highest BCUT2D eigenvalue weighted by atomic mass is 32.2. The molecule has 0 aliphatic rings. The summed E-state index contributed by atoms with van der Waals surface area (Å²) in [5, 5.41) is 0.744. The minimum atomic E-state index is -3.66. The first-order chi connectivity index (χ1) is 13.9. The van der Waals surface area contributed by atoms with E-state index in [1.165, 1.54) is 12.3 Å². The lowest BCUT2D eigenvalue weighted by atomic mass is 10.2. The second-order valence-electron chi connectivity index (χ2n) is 8.69. The maximum Gasteiger partial charge on any atom is 0.410 e. The van der Waals surface area contributed by atoms with Gasteiger partial charge in [0.05, 0.1) is 10.6 Å².